The molecule has 1 aliphatic carbocycles. The summed E-state index contributed by atoms with van der Waals surface area (Å²) in [4.78, 5) is 14.1. The fourth-order valence-electron chi connectivity index (χ4n) is 2.69. The fourth-order valence-corrected chi connectivity index (χ4v) is 2.69. The van der Waals surface area contributed by atoms with Crippen LogP contribution in [0, 0.1) is 5.92 Å². The van der Waals surface area contributed by atoms with E-state index < -0.39 is 0 Å². The Balaban J connectivity index is 2.04. The number of anilines is 1. The standard InChI is InChI=1S/C16H24N2O/c1-4-18(5-2)16(19)13-7-6-8-14(11-13)17-15-9-12(3)10-15/h6-8,11-12,15,17H,4-5,9-10H2,1-3H3. The van der Waals surface area contributed by atoms with Gasteiger partial charge in [-0.3, -0.25) is 4.79 Å². The molecule has 0 heterocycles. The summed E-state index contributed by atoms with van der Waals surface area (Å²) in [5.41, 5.74) is 1.84. The van der Waals surface area contributed by atoms with Crippen molar-refractivity contribution in [3.8, 4) is 0 Å². The molecule has 1 fully saturated rings. The predicted molar refractivity (Wildman–Crippen MR) is 79.5 cm³/mol. The first kappa shape index (κ1) is 13.9. The molecule has 0 aliphatic heterocycles. The first-order valence-corrected chi connectivity index (χ1v) is 7.29. The average Bonchev–Trinajstić information content (AvgIpc) is 2.38. The van der Waals surface area contributed by atoms with Crippen LogP contribution in [0.15, 0.2) is 24.3 Å². The zero-order valence-electron chi connectivity index (χ0n) is 12.1. The van der Waals surface area contributed by atoms with E-state index in [1.54, 1.807) is 0 Å². The van der Waals surface area contributed by atoms with E-state index >= 15 is 0 Å². The van der Waals surface area contributed by atoms with Gasteiger partial charge in [-0.1, -0.05) is 13.0 Å². The highest BCUT2D eigenvalue weighted by Gasteiger charge is 2.25. The number of amides is 1. The van der Waals surface area contributed by atoms with Crippen LogP contribution in [0.2, 0.25) is 0 Å². The molecule has 1 amide bonds. The Bertz CT molecular complexity index is 434. The number of carbonyl (C=O) groups is 1. The minimum absolute atomic E-state index is 0.121. The molecule has 1 aliphatic rings. The largest absolute Gasteiger partial charge is 0.382 e. The molecule has 104 valence electrons. The van der Waals surface area contributed by atoms with Crippen LogP contribution in [0.25, 0.3) is 0 Å². The lowest BCUT2D eigenvalue weighted by atomic mass is 9.82. The van der Waals surface area contributed by atoms with Gasteiger partial charge in [0.1, 0.15) is 0 Å². The Kier molecular flexibility index (Phi) is 4.46. The molecule has 0 atom stereocenters. The third-order valence-electron chi connectivity index (χ3n) is 3.90. The van der Waals surface area contributed by atoms with Crippen LogP contribution in [-0.4, -0.2) is 29.9 Å². The van der Waals surface area contributed by atoms with E-state index in [1.165, 1.54) is 12.8 Å². The molecule has 0 spiro atoms. The van der Waals surface area contributed by atoms with Gasteiger partial charge in [0.2, 0.25) is 0 Å². The zero-order chi connectivity index (χ0) is 13.8. The van der Waals surface area contributed by atoms with E-state index in [0.29, 0.717) is 6.04 Å². The topological polar surface area (TPSA) is 32.3 Å². The summed E-state index contributed by atoms with van der Waals surface area (Å²) in [6, 6.07) is 8.45. The van der Waals surface area contributed by atoms with Gasteiger partial charge in [-0.15, -0.1) is 0 Å². The normalized spacial score (nSPS) is 21.6. The molecule has 1 N–H and O–H groups in total. The minimum atomic E-state index is 0.121. The molecule has 19 heavy (non-hydrogen) atoms. The number of rotatable bonds is 5. The van der Waals surface area contributed by atoms with Gasteiger partial charge in [-0.25, -0.2) is 0 Å². The minimum Gasteiger partial charge on any atom is -0.382 e. The number of hydrogen-bond donors (Lipinski definition) is 1. The second-order valence-electron chi connectivity index (χ2n) is 5.48. The van der Waals surface area contributed by atoms with Crippen molar-refractivity contribution in [2.24, 2.45) is 5.92 Å². The molecule has 1 saturated carbocycles. The van der Waals surface area contributed by atoms with Crippen LogP contribution in [0.1, 0.15) is 44.0 Å². The molecule has 3 heteroatoms. The van der Waals surface area contributed by atoms with Crippen molar-refractivity contribution in [3.63, 3.8) is 0 Å². The third-order valence-corrected chi connectivity index (χ3v) is 3.90. The van der Waals surface area contributed by atoms with Crippen LogP contribution < -0.4 is 5.32 Å². The Hall–Kier alpha value is -1.51. The van der Waals surface area contributed by atoms with Crippen molar-refractivity contribution in [1.82, 2.24) is 4.90 Å². The number of benzene rings is 1. The summed E-state index contributed by atoms with van der Waals surface area (Å²) in [5, 5.41) is 3.51. The highest BCUT2D eigenvalue weighted by molar-refractivity contribution is 5.95. The number of hydrogen-bond acceptors (Lipinski definition) is 2. The fraction of sp³-hybridized carbons (Fsp3) is 0.562. The van der Waals surface area contributed by atoms with Crippen LogP contribution in [-0.2, 0) is 0 Å². The molecule has 0 saturated heterocycles. The van der Waals surface area contributed by atoms with E-state index in [4.69, 9.17) is 0 Å². The first-order chi connectivity index (χ1) is 9.13. The van der Waals surface area contributed by atoms with Crippen molar-refractivity contribution in [1.29, 1.82) is 0 Å². The Morgan fingerprint density at radius 2 is 2.00 bits per heavy atom. The average molecular weight is 260 g/mol. The van der Waals surface area contributed by atoms with Gasteiger partial charge in [0, 0.05) is 30.4 Å². The lowest BCUT2D eigenvalue weighted by Gasteiger charge is -2.34. The molecule has 0 aromatic heterocycles. The molecule has 0 unspecified atom stereocenters. The van der Waals surface area contributed by atoms with Crippen LogP contribution in [0.5, 0.6) is 0 Å². The highest BCUT2D eigenvalue weighted by atomic mass is 16.2. The summed E-state index contributed by atoms with van der Waals surface area (Å²) in [6.07, 6.45) is 2.46. The highest BCUT2D eigenvalue weighted by Crippen LogP contribution is 2.29. The summed E-state index contributed by atoms with van der Waals surface area (Å²) in [6.45, 7) is 7.82. The zero-order valence-corrected chi connectivity index (χ0v) is 12.1. The molecule has 1 aromatic rings. The van der Waals surface area contributed by atoms with Gasteiger partial charge < -0.3 is 10.2 Å². The molecule has 3 nitrogen and oxygen atoms in total. The van der Waals surface area contributed by atoms with E-state index in [9.17, 15) is 4.79 Å². The lowest BCUT2D eigenvalue weighted by Crippen LogP contribution is -2.34. The van der Waals surface area contributed by atoms with E-state index in [1.807, 2.05) is 43.0 Å². The molecular weight excluding hydrogens is 236 g/mol. The SMILES string of the molecule is CCN(CC)C(=O)c1cccc(NC2CC(C)C2)c1. The summed E-state index contributed by atoms with van der Waals surface area (Å²) in [7, 11) is 0. The third kappa shape index (κ3) is 3.28. The van der Waals surface area contributed by atoms with Gasteiger partial charge in [-0.2, -0.15) is 0 Å². The molecule has 0 radical (unpaired) electrons. The van der Waals surface area contributed by atoms with Gasteiger partial charge in [-0.05, 0) is 50.8 Å². The number of nitrogens with zero attached hydrogens (tertiary/aromatic N) is 1. The van der Waals surface area contributed by atoms with Crippen molar-refractivity contribution in [3.05, 3.63) is 29.8 Å². The Morgan fingerprint density at radius 1 is 1.32 bits per heavy atom. The second-order valence-corrected chi connectivity index (χ2v) is 5.48. The number of nitrogens with one attached hydrogen (secondary N) is 1. The van der Waals surface area contributed by atoms with Crippen LogP contribution >= 0.6 is 0 Å². The molecule has 2 rings (SSSR count). The van der Waals surface area contributed by atoms with E-state index in [2.05, 4.69) is 12.2 Å². The first-order valence-electron chi connectivity index (χ1n) is 7.29. The van der Waals surface area contributed by atoms with Gasteiger partial charge in [0.05, 0.1) is 0 Å². The maximum absolute atomic E-state index is 12.3. The van der Waals surface area contributed by atoms with Gasteiger partial charge in [0.15, 0.2) is 0 Å². The maximum atomic E-state index is 12.3. The summed E-state index contributed by atoms with van der Waals surface area (Å²) >= 11 is 0. The van der Waals surface area contributed by atoms with Gasteiger partial charge in [0.25, 0.3) is 5.91 Å². The predicted octanol–water partition coefficient (Wildman–Crippen LogP) is 3.38. The monoisotopic (exact) mass is 260 g/mol. The summed E-state index contributed by atoms with van der Waals surface area (Å²) < 4.78 is 0. The lowest BCUT2D eigenvalue weighted by molar-refractivity contribution is 0.0773. The maximum Gasteiger partial charge on any atom is 0.253 e. The Labute approximate surface area is 116 Å². The smallest absolute Gasteiger partial charge is 0.253 e. The summed E-state index contributed by atoms with van der Waals surface area (Å²) in [5.74, 6) is 0.952. The van der Waals surface area contributed by atoms with Crippen LogP contribution in [0.3, 0.4) is 0 Å². The molecule has 1 aromatic carbocycles. The van der Waals surface area contributed by atoms with E-state index in [-0.39, 0.29) is 5.91 Å². The Morgan fingerprint density at radius 3 is 2.58 bits per heavy atom. The quantitative estimate of drug-likeness (QED) is 0.880. The number of carbonyl (C=O) groups excluding carboxylic acids is 1. The van der Waals surface area contributed by atoms with Crippen LogP contribution in [0.4, 0.5) is 5.69 Å². The van der Waals surface area contributed by atoms with E-state index in [0.717, 1.165) is 30.3 Å². The molecule has 0 bridgehead atoms. The second kappa shape index (κ2) is 6.09. The van der Waals surface area contributed by atoms with Crippen molar-refractivity contribution in [2.75, 3.05) is 18.4 Å². The molecular formula is C16H24N2O. The van der Waals surface area contributed by atoms with Crippen molar-refractivity contribution < 1.29 is 4.79 Å². The van der Waals surface area contributed by atoms with Crippen molar-refractivity contribution in [2.45, 2.75) is 39.7 Å². The van der Waals surface area contributed by atoms with Gasteiger partial charge >= 0.3 is 0 Å². The van der Waals surface area contributed by atoms with Crippen molar-refractivity contribution >= 4 is 11.6 Å².